The van der Waals surface area contributed by atoms with E-state index in [-0.39, 0.29) is 11.9 Å². The van der Waals surface area contributed by atoms with Crippen molar-refractivity contribution in [1.29, 1.82) is 0 Å². The Morgan fingerprint density at radius 2 is 2.00 bits per heavy atom. The summed E-state index contributed by atoms with van der Waals surface area (Å²) in [5.41, 5.74) is 1.08. The van der Waals surface area contributed by atoms with Crippen LogP contribution in [0, 0.1) is 0 Å². The van der Waals surface area contributed by atoms with E-state index in [1.165, 1.54) is 11.2 Å². The van der Waals surface area contributed by atoms with E-state index in [1.54, 1.807) is 23.9 Å². The quantitative estimate of drug-likeness (QED) is 0.857. The normalized spacial score (nSPS) is 12.1. The SMILES string of the molecule is CSc1ccc([C@@H](C)NC(=O)c2ccco2)cc1. The summed E-state index contributed by atoms with van der Waals surface area (Å²) in [5, 5.41) is 2.90. The van der Waals surface area contributed by atoms with Crippen molar-refractivity contribution in [2.24, 2.45) is 0 Å². The predicted octanol–water partition coefficient (Wildman–Crippen LogP) is 3.49. The maximum atomic E-state index is 11.8. The second-order valence-electron chi connectivity index (χ2n) is 3.95. The first-order chi connectivity index (χ1) is 8.70. The molecule has 1 N–H and O–H groups in total. The molecular weight excluding hydrogens is 246 g/mol. The van der Waals surface area contributed by atoms with E-state index in [9.17, 15) is 4.79 Å². The molecule has 1 aromatic heterocycles. The fourth-order valence-corrected chi connectivity index (χ4v) is 2.06. The van der Waals surface area contributed by atoms with Gasteiger partial charge in [-0.1, -0.05) is 12.1 Å². The van der Waals surface area contributed by atoms with Crippen molar-refractivity contribution < 1.29 is 9.21 Å². The van der Waals surface area contributed by atoms with Crippen LogP contribution in [0.4, 0.5) is 0 Å². The van der Waals surface area contributed by atoms with Crippen molar-refractivity contribution >= 4 is 17.7 Å². The highest BCUT2D eigenvalue weighted by Crippen LogP contribution is 2.19. The highest BCUT2D eigenvalue weighted by atomic mass is 32.2. The second-order valence-corrected chi connectivity index (χ2v) is 4.83. The molecule has 1 aromatic carbocycles. The van der Waals surface area contributed by atoms with E-state index in [1.807, 2.05) is 25.3 Å². The Kier molecular flexibility index (Phi) is 4.10. The minimum Gasteiger partial charge on any atom is -0.459 e. The highest BCUT2D eigenvalue weighted by Gasteiger charge is 2.13. The van der Waals surface area contributed by atoms with Crippen LogP contribution in [0.2, 0.25) is 0 Å². The van der Waals surface area contributed by atoms with E-state index < -0.39 is 0 Å². The Balaban J connectivity index is 2.02. The van der Waals surface area contributed by atoms with Crippen LogP contribution in [0.1, 0.15) is 29.1 Å². The summed E-state index contributed by atoms with van der Waals surface area (Å²) in [6.45, 7) is 1.95. The number of hydrogen-bond acceptors (Lipinski definition) is 3. The van der Waals surface area contributed by atoms with Gasteiger partial charge in [-0.15, -0.1) is 11.8 Å². The molecule has 0 aliphatic heterocycles. The van der Waals surface area contributed by atoms with Gasteiger partial charge >= 0.3 is 0 Å². The van der Waals surface area contributed by atoms with Gasteiger partial charge in [-0.3, -0.25) is 4.79 Å². The number of furan rings is 1. The van der Waals surface area contributed by atoms with E-state index in [2.05, 4.69) is 17.4 Å². The molecule has 3 nitrogen and oxygen atoms in total. The first-order valence-electron chi connectivity index (χ1n) is 5.69. The molecule has 4 heteroatoms. The van der Waals surface area contributed by atoms with Crippen molar-refractivity contribution in [2.45, 2.75) is 17.9 Å². The van der Waals surface area contributed by atoms with Gasteiger partial charge in [0.2, 0.25) is 0 Å². The summed E-state index contributed by atoms with van der Waals surface area (Å²) < 4.78 is 5.05. The Morgan fingerprint density at radius 1 is 1.28 bits per heavy atom. The summed E-state index contributed by atoms with van der Waals surface area (Å²) in [6.07, 6.45) is 3.53. The lowest BCUT2D eigenvalue weighted by atomic mass is 10.1. The molecule has 0 spiro atoms. The summed E-state index contributed by atoms with van der Waals surface area (Å²) in [6, 6.07) is 11.5. The predicted molar refractivity (Wildman–Crippen MR) is 72.8 cm³/mol. The monoisotopic (exact) mass is 261 g/mol. The van der Waals surface area contributed by atoms with Crippen molar-refractivity contribution in [3.8, 4) is 0 Å². The van der Waals surface area contributed by atoms with Gasteiger partial charge < -0.3 is 9.73 Å². The molecule has 94 valence electrons. The van der Waals surface area contributed by atoms with Gasteiger partial charge in [0.15, 0.2) is 5.76 Å². The molecule has 1 atom stereocenters. The molecular formula is C14H15NO2S. The molecule has 0 saturated carbocycles. The zero-order chi connectivity index (χ0) is 13.0. The van der Waals surface area contributed by atoms with Gasteiger partial charge in [0.05, 0.1) is 12.3 Å². The minimum absolute atomic E-state index is 0.0430. The van der Waals surface area contributed by atoms with Gasteiger partial charge in [0.25, 0.3) is 5.91 Å². The number of benzene rings is 1. The topological polar surface area (TPSA) is 42.2 Å². The fraction of sp³-hybridized carbons (Fsp3) is 0.214. The Hall–Kier alpha value is -1.68. The molecule has 2 aromatic rings. The number of carbonyl (C=O) groups excluding carboxylic acids is 1. The third-order valence-electron chi connectivity index (χ3n) is 2.71. The first-order valence-corrected chi connectivity index (χ1v) is 6.91. The Bertz CT molecular complexity index is 505. The minimum atomic E-state index is -0.193. The third kappa shape index (κ3) is 2.96. The average Bonchev–Trinajstić information content (AvgIpc) is 2.92. The van der Waals surface area contributed by atoms with Crippen LogP contribution in [0.5, 0.6) is 0 Å². The summed E-state index contributed by atoms with van der Waals surface area (Å²) >= 11 is 1.70. The molecule has 0 aliphatic carbocycles. The van der Waals surface area contributed by atoms with Crippen molar-refractivity contribution in [1.82, 2.24) is 5.32 Å². The molecule has 1 heterocycles. The van der Waals surface area contributed by atoms with Crippen molar-refractivity contribution in [3.63, 3.8) is 0 Å². The fourth-order valence-electron chi connectivity index (χ4n) is 1.65. The lowest BCUT2D eigenvalue weighted by molar-refractivity contribution is 0.0912. The van der Waals surface area contributed by atoms with E-state index in [4.69, 9.17) is 4.42 Å². The van der Waals surface area contributed by atoms with Gasteiger partial charge in [0.1, 0.15) is 0 Å². The number of hydrogen-bond donors (Lipinski definition) is 1. The van der Waals surface area contributed by atoms with Crippen molar-refractivity contribution in [2.75, 3.05) is 6.26 Å². The molecule has 18 heavy (non-hydrogen) atoms. The molecule has 0 aliphatic rings. The maximum absolute atomic E-state index is 11.8. The van der Waals surface area contributed by atoms with Crippen LogP contribution >= 0.6 is 11.8 Å². The van der Waals surface area contributed by atoms with Gasteiger partial charge in [-0.25, -0.2) is 0 Å². The van der Waals surface area contributed by atoms with Gasteiger partial charge in [-0.2, -0.15) is 0 Å². The zero-order valence-corrected chi connectivity index (χ0v) is 11.2. The van der Waals surface area contributed by atoms with E-state index >= 15 is 0 Å². The lowest BCUT2D eigenvalue weighted by Crippen LogP contribution is -2.26. The van der Waals surface area contributed by atoms with Gasteiger partial charge in [0, 0.05) is 4.90 Å². The van der Waals surface area contributed by atoms with Gasteiger partial charge in [-0.05, 0) is 43.0 Å². The maximum Gasteiger partial charge on any atom is 0.287 e. The number of rotatable bonds is 4. The molecule has 2 rings (SSSR count). The number of thioether (sulfide) groups is 1. The summed E-state index contributed by atoms with van der Waals surface area (Å²) in [7, 11) is 0. The number of carbonyl (C=O) groups is 1. The zero-order valence-electron chi connectivity index (χ0n) is 10.3. The average molecular weight is 261 g/mol. The molecule has 0 radical (unpaired) electrons. The number of nitrogens with one attached hydrogen (secondary N) is 1. The lowest BCUT2D eigenvalue weighted by Gasteiger charge is -2.13. The highest BCUT2D eigenvalue weighted by molar-refractivity contribution is 7.98. The molecule has 0 bridgehead atoms. The molecule has 0 unspecified atom stereocenters. The second kappa shape index (κ2) is 5.78. The van der Waals surface area contributed by atoms with E-state index in [0.717, 1.165) is 5.56 Å². The summed E-state index contributed by atoms with van der Waals surface area (Å²) in [5.74, 6) is 0.143. The van der Waals surface area contributed by atoms with Crippen molar-refractivity contribution in [3.05, 3.63) is 54.0 Å². The molecule has 0 fully saturated rings. The van der Waals surface area contributed by atoms with Crippen LogP contribution in [-0.4, -0.2) is 12.2 Å². The largest absolute Gasteiger partial charge is 0.459 e. The van der Waals surface area contributed by atoms with E-state index in [0.29, 0.717) is 5.76 Å². The van der Waals surface area contributed by atoms with Crippen LogP contribution in [0.3, 0.4) is 0 Å². The first kappa shape index (κ1) is 12.8. The molecule has 1 amide bonds. The van der Waals surface area contributed by atoms with Crippen LogP contribution < -0.4 is 5.32 Å². The van der Waals surface area contributed by atoms with Crippen LogP contribution in [0.25, 0.3) is 0 Å². The summed E-state index contributed by atoms with van der Waals surface area (Å²) in [4.78, 5) is 13.0. The molecule has 0 saturated heterocycles. The Morgan fingerprint density at radius 3 is 2.56 bits per heavy atom. The standard InChI is InChI=1S/C14H15NO2S/c1-10(11-5-7-12(18-2)8-6-11)15-14(16)13-4-3-9-17-13/h3-10H,1-2H3,(H,15,16)/t10-/m1/s1. The van der Waals surface area contributed by atoms with Crippen LogP contribution in [0.15, 0.2) is 52.0 Å². The smallest absolute Gasteiger partial charge is 0.287 e. The Labute approximate surface area is 111 Å². The van der Waals surface area contributed by atoms with Crippen LogP contribution in [-0.2, 0) is 0 Å². The number of amides is 1. The third-order valence-corrected chi connectivity index (χ3v) is 3.45.